The predicted octanol–water partition coefficient (Wildman–Crippen LogP) is 4.00. The smallest absolute Gasteiger partial charge is 0.236 e. The van der Waals surface area contributed by atoms with Gasteiger partial charge in [0.1, 0.15) is 5.82 Å². The lowest BCUT2D eigenvalue weighted by molar-refractivity contribution is -0.133. The molecule has 2 aliphatic heterocycles. The molecule has 0 unspecified atom stereocenters. The Labute approximate surface area is 172 Å². The minimum atomic E-state index is -0.204. The van der Waals surface area contributed by atoms with Crippen molar-refractivity contribution in [3.8, 4) is 0 Å². The van der Waals surface area contributed by atoms with Gasteiger partial charge in [-0.2, -0.15) is 0 Å². The Morgan fingerprint density at radius 3 is 2.52 bits per heavy atom. The summed E-state index contributed by atoms with van der Waals surface area (Å²) >= 11 is 0. The largest absolute Gasteiger partial charge is 0.342 e. The third-order valence-corrected chi connectivity index (χ3v) is 6.18. The summed E-state index contributed by atoms with van der Waals surface area (Å²) < 4.78 is 13.4. The maximum Gasteiger partial charge on any atom is 0.236 e. The molecule has 4 rings (SSSR count). The molecule has 0 bridgehead atoms. The van der Waals surface area contributed by atoms with Crippen molar-refractivity contribution in [2.24, 2.45) is 0 Å². The number of nitrogens with zero attached hydrogens (tertiary/aromatic N) is 3. The maximum atomic E-state index is 13.4. The SMILES string of the molecule is O=C(CN1CCC(c2cccc(Cc3cccc(F)c3)n2)CC1)N1CCCCC1. The van der Waals surface area contributed by atoms with E-state index in [1.54, 1.807) is 12.1 Å². The van der Waals surface area contributed by atoms with Crippen molar-refractivity contribution >= 4 is 5.91 Å². The van der Waals surface area contributed by atoms with E-state index >= 15 is 0 Å². The monoisotopic (exact) mass is 395 g/mol. The Morgan fingerprint density at radius 1 is 1.00 bits per heavy atom. The standard InChI is InChI=1S/C24H30FN3O/c25-21-7-4-6-19(16-21)17-22-8-5-9-23(26-22)20-10-14-27(15-11-20)18-24(29)28-12-2-1-3-13-28/h4-9,16,20H,1-3,10-15,17-18H2. The van der Waals surface area contributed by atoms with Gasteiger partial charge >= 0.3 is 0 Å². The van der Waals surface area contributed by atoms with Crippen LogP contribution in [-0.4, -0.2) is 53.4 Å². The number of pyridine rings is 1. The Hall–Kier alpha value is -2.27. The average Bonchev–Trinajstić information content (AvgIpc) is 2.75. The second-order valence-corrected chi connectivity index (χ2v) is 8.35. The molecule has 0 aliphatic carbocycles. The zero-order valence-corrected chi connectivity index (χ0v) is 17.0. The van der Waals surface area contributed by atoms with Gasteiger partial charge < -0.3 is 4.90 Å². The van der Waals surface area contributed by atoms with E-state index in [-0.39, 0.29) is 5.82 Å². The van der Waals surface area contributed by atoms with E-state index in [1.165, 1.54) is 12.5 Å². The highest BCUT2D eigenvalue weighted by Gasteiger charge is 2.25. The van der Waals surface area contributed by atoms with Crippen molar-refractivity contribution in [2.45, 2.75) is 44.4 Å². The van der Waals surface area contributed by atoms with Crippen molar-refractivity contribution in [3.63, 3.8) is 0 Å². The minimum Gasteiger partial charge on any atom is -0.342 e. The fourth-order valence-corrected chi connectivity index (χ4v) is 4.50. The van der Waals surface area contributed by atoms with Gasteiger partial charge in [-0.05, 0) is 75.0 Å². The van der Waals surface area contributed by atoms with E-state index in [1.807, 2.05) is 17.0 Å². The molecular formula is C24H30FN3O. The fraction of sp³-hybridized carbons (Fsp3) is 0.500. The van der Waals surface area contributed by atoms with Crippen LogP contribution in [0.25, 0.3) is 0 Å². The van der Waals surface area contributed by atoms with Gasteiger partial charge in [0.05, 0.1) is 6.54 Å². The molecule has 29 heavy (non-hydrogen) atoms. The van der Waals surface area contributed by atoms with E-state index < -0.39 is 0 Å². The van der Waals surface area contributed by atoms with Gasteiger partial charge in [0.2, 0.25) is 5.91 Å². The highest BCUT2D eigenvalue weighted by atomic mass is 19.1. The Bertz CT molecular complexity index is 826. The predicted molar refractivity (Wildman–Crippen MR) is 112 cm³/mol. The van der Waals surface area contributed by atoms with Gasteiger partial charge in [-0.3, -0.25) is 14.7 Å². The molecular weight excluding hydrogens is 365 g/mol. The molecule has 154 valence electrons. The number of rotatable bonds is 5. The van der Waals surface area contributed by atoms with Crippen LogP contribution in [0.3, 0.4) is 0 Å². The van der Waals surface area contributed by atoms with E-state index in [0.29, 0.717) is 24.8 Å². The summed E-state index contributed by atoms with van der Waals surface area (Å²) in [5, 5.41) is 0. The van der Waals surface area contributed by atoms with Gasteiger partial charge in [-0.1, -0.05) is 18.2 Å². The Kier molecular flexibility index (Phi) is 6.55. The van der Waals surface area contributed by atoms with Crippen molar-refractivity contribution in [3.05, 3.63) is 65.2 Å². The summed E-state index contributed by atoms with van der Waals surface area (Å²) in [5.41, 5.74) is 3.05. The number of hydrogen-bond acceptors (Lipinski definition) is 3. The number of piperidine rings is 2. The molecule has 2 aromatic rings. The number of benzene rings is 1. The zero-order valence-electron chi connectivity index (χ0n) is 17.0. The van der Waals surface area contributed by atoms with Crippen LogP contribution in [0.2, 0.25) is 0 Å². The molecule has 3 heterocycles. The summed E-state index contributed by atoms with van der Waals surface area (Å²) in [6.45, 7) is 4.30. The van der Waals surface area contributed by atoms with Crippen molar-refractivity contribution in [2.75, 3.05) is 32.7 Å². The molecule has 5 heteroatoms. The molecule has 2 saturated heterocycles. The summed E-state index contributed by atoms with van der Waals surface area (Å²) in [5.74, 6) is 0.521. The quantitative estimate of drug-likeness (QED) is 0.768. The lowest BCUT2D eigenvalue weighted by atomic mass is 9.92. The number of amides is 1. The van der Waals surface area contributed by atoms with Crippen LogP contribution in [0.5, 0.6) is 0 Å². The van der Waals surface area contributed by atoms with Crippen molar-refractivity contribution in [1.82, 2.24) is 14.8 Å². The molecule has 0 spiro atoms. The normalized spacial score (nSPS) is 18.7. The van der Waals surface area contributed by atoms with Crippen molar-refractivity contribution in [1.29, 1.82) is 0 Å². The number of aromatic nitrogens is 1. The molecule has 1 amide bonds. The summed E-state index contributed by atoms with van der Waals surface area (Å²) in [7, 11) is 0. The molecule has 0 N–H and O–H groups in total. The van der Waals surface area contributed by atoms with Gasteiger partial charge in [-0.15, -0.1) is 0 Å². The first kappa shape index (κ1) is 20.0. The first-order valence-corrected chi connectivity index (χ1v) is 10.9. The molecule has 1 aromatic heterocycles. The minimum absolute atomic E-state index is 0.204. The second kappa shape index (κ2) is 9.49. The third kappa shape index (κ3) is 5.41. The Balaban J connectivity index is 1.31. The van der Waals surface area contributed by atoms with Crippen LogP contribution >= 0.6 is 0 Å². The molecule has 0 atom stereocenters. The van der Waals surface area contributed by atoms with E-state index in [0.717, 1.165) is 68.8 Å². The first-order valence-electron chi connectivity index (χ1n) is 10.9. The zero-order chi connectivity index (χ0) is 20.1. The van der Waals surface area contributed by atoms with Crippen LogP contribution in [0.1, 0.15) is 55.0 Å². The molecule has 0 radical (unpaired) electrons. The first-order chi connectivity index (χ1) is 14.2. The van der Waals surface area contributed by atoms with E-state index in [2.05, 4.69) is 17.0 Å². The fourth-order valence-electron chi connectivity index (χ4n) is 4.50. The highest BCUT2D eigenvalue weighted by Crippen LogP contribution is 2.27. The van der Waals surface area contributed by atoms with Gasteiger partial charge in [0.25, 0.3) is 0 Å². The van der Waals surface area contributed by atoms with Crippen LogP contribution < -0.4 is 0 Å². The van der Waals surface area contributed by atoms with Gasteiger partial charge in [0, 0.05) is 36.8 Å². The topological polar surface area (TPSA) is 36.4 Å². The van der Waals surface area contributed by atoms with Crippen LogP contribution in [-0.2, 0) is 11.2 Å². The lowest BCUT2D eigenvalue weighted by Crippen LogP contribution is -2.44. The number of likely N-dealkylation sites (tertiary alicyclic amines) is 2. The average molecular weight is 396 g/mol. The molecule has 1 aromatic carbocycles. The van der Waals surface area contributed by atoms with Gasteiger partial charge in [0.15, 0.2) is 0 Å². The number of hydrogen-bond donors (Lipinski definition) is 0. The lowest BCUT2D eigenvalue weighted by Gasteiger charge is -2.34. The van der Waals surface area contributed by atoms with Crippen LogP contribution in [0.15, 0.2) is 42.5 Å². The van der Waals surface area contributed by atoms with Crippen LogP contribution in [0.4, 0.5) is 4.39 Å². The summed E-state index contributed by atoms with van der Waals surface area (Å²) in [4.78, 5) is 21.7. The number of carbonyl (C=O) groups excluding carboxylic acids is 1. The summed E-state index contributed by atoms with van der Waals surface area (Å²) in [6, 6.07) is 12.9. The Morgan fingerprint density at radius 2 is 1.76 bits per heavy atom. The van der Waals surface area contributed by atoms with Crippen LogP contribution in [0, 0.1) is 5.82 Å². The molecule has 4 nitrogen and oxygen atoms in total. The number of carbonyl (C=O) groups is 1. The molecule has 0 saturated carbocycles. The number of halogens is 1. The third-order valence-electron chi connectivity index (χ3n) is 6.18. The summed E-state index contributed by atoms with van der Waals surface area (Å²) in [6.07, 6.45) is 6.25. The van der Waals surface area contributed by atoms with E-state index in [9.17, 15) is 9.18 Å². The van der Waals surface area contributed by atoms with Crippen molar-refractivity contribution < 1.29 is 9.18 Å². The van der Waals surface area contributed by atoms with Gasteiger partial charge in [-0.25, -0.2) is 4.39 Å². The highest BCUT2D eigenvalue weighted by molar-refractivity contribution is 5.78. The second-order valence-electron chi connectivity index (χ2n) is 8.35. The maximum absolute atomic E-state index is 13.4. The molecule has 2 aliphatic rings. The van der Waals surface area contributed by atoms with E-state index in [4.69, 9.17) is 4.98 Å². The molecule has 2 fully saturated rings.